The molecule has 1 aliphatic heterocycles. The van der Waals surface area contributed by atoms with Crippen LogP contribution in [0.25, 0.3) is 0 Å². The fraction of sp³-hybridized carbons (Fsp3) is 0.471. The molecule has 0 aliphatic carbocycles. The van der Waals surface area contributed by atoms with Crippen LogP contribution in [0.15, 0.2) is 30.5 Å². The zero-order chi connectivity index (χ0) is 14.7. The number of aryl methyl sites for hydroxylation is 1. The first-order valence-electron chi connectivity index (χ1n) is 7.78. The van der Waals surface area contributed by atoms with Gasteiger partial charge >= 0.3 is 0 Å². The maximum Gasteiger partial charge on any atom is 0.0748 e. The Hall–Kier alpha value is -1.65. The van der Waals surface area contributed by atoms with E-state index in [9.17, 15) is 0 Å². The molecule has 0 saturated heterocycles. The summed E-state index contributed by atoms with van der Waals surface area (Å²) in [5.74, 6) is 0. The van der Waals surface area contributed by atoms with Crippen LogP contribution < -0.4 is 5.32 Å². The Morgan fingerprint density at radius 2 is 2.10 bits per heavy atom. The van der Waals surface area contributed by atoms with Gasteiger partial charge in [-0.15, -0.1) is 0 Å². The van der Waals surface area contributed by atoms with Gasteiger partial charge in [0.25, 0.3) is 0 Å². The first kappa shape index (κ1) is 14.3. The van der Waals surface area contributed by atoms with Crippen LogP contribution in [-0.2, 0) is 24.5 Å². The van der Waals surface area contributed by atoms with Gasteiger partial charge in [-0.3, -0.25) is 4.68 Å². The van der Waals surface area contributed by atoms with Crippen LogP contribution in [0.5, 0.6) is 0 Å². The van der Waals surface area contributed by atoms with E-state index in [1.807, 2.05) is 6.20 Å². The van der Waals surface area contributed by atoms with Crippen molar-refractivity contribution in [3.63, 3.8) is 0 Å². The number of hydrogen-bond donors (Lipinski definition) is 1. The third-order valence-corrected chi connectivity index (χ3v) is 4.02. The predicted molar refractivity (Wildman–Crippen MR) is 83.0 cm³/mol. The molecular formula is C17H23N3O. The molecule has 0 bridgehead atoms. The highest BCUT2D eigenvalue weighted by Gasteiger charge is 2.20. The van der Waals surface area contributed by atoms with E-state index in [-0.39, 0.29) is 6.04 Å². The molecule has 1 aromatic heterocycles. The molecule has 0 spiro atoms. The Kier molecular flexibility index (Phi) is 4.36. The Labute approximate surface area is 126 Å². The minimum absolute atomic E-state index is 0.193. The van der Waals surface area contributed by atoms with Crippen LogP contribution in [0.3, 0.4) is 0 Å². The molecule has 0 fully saturated rings. The van der Waals surface area contributed by atoms with Gasteiger partial charge in [0.2, 0.25) is 0 Å². The van der Waals surface area contributed by atoms with Gasteiger partial charge in [-0.05, 0) is 42.6 Å². The summed E-state index contributed by atoms with van der Waals surface area (Å²) < 4.78 is 7.59. The summed E-state index contributed by atoms with van der Waals surface area (Å²) in [6.07, 6.45) is 3.00. The molecular weight excluding hydrogens is 262 g/mol. The molecule has 4 heteroatoms. The number of nitrogens with one attached hydrogen (secondary N) is 1. The number of aromatic nitrogens is 2. The molecule has 1 unspecified atom stereocenters. The largest absolute Gasteiger partial charge is 0.372 e. The average molecular weight is 285 g/mol. The Balaban J connectivity index is 1.95. The minimum atomic E-state index is 0.193. The Bertz CT molecular complexity index is 606. The van der Waals surface area contributed by atoms with Crippen molar-refractivity contribution in [3.8, 4) is 0 Å². The van der Waals surface area contributed by atoms with E-state index in [1.165, 1.54) is 22.4 Å². The van der Waals surface area contributed by atoms with Crippen LogP contribution in [0.2, 0.25) is 0 Å². The van der Waals surface area contributed by atoms with Gasteiger partial charge in [0.05, 0.1) is 24.9 Å². The lowest BCUT2D eigenvalue weighted by atomic mass is 9.98. The van der Waals surface area contributed by atoms with Crippen LogP contribution in [0.1, 0.15) is 48.7 Å². The Morgan fingerprint density at radius 3 is 2.90 bits per heavy atom. The van der Waals surface area contributed by atoms with E-state index < -0.39 is 0 Å². The molecule has 2 aromatic rings. The molecule has 0 saturated carbocycles. The maximum atomic E-state index is 5.53. The summed E-state index contributed by atoms with van der Waals surface area (Å²) in [6.45, 7) is 7.68. The number of hydrogen-bond acceptors (Lipinski definition) is 3. The first-order chi connectivity index (χ1) is 10.3. The number of fused-ring (bicyclic) bond motifs is 1. The van der Waals surface area contributed by atoms with Gasteiger partial charge in [0, 0.05) is 12.7 Å². The highest BCUT2D eigenvalue weighted by Crippen LogP contribution is 2.27. The lowest BCUT2D eigenvalue weighted by molar-refractivity contribution is 0.134. The van der Waals surface area contributed by atoms with Crippen LogP contribution in [0.4, 0.5) is 0 Å². The zero-order valence-electron chi connectivity index (χ0n) is 12.8. The normalized spacial score (nSPS) is 15.1. The highest BCUT2D eigenvalue weighted by molar-refractivity contribution is 5.37. The SMILES string of the molecule is CCCNC(c1ccc2c(c1)COC2)c1ccnn1CC. The summed E-state index contributed by atoms with van der Waals surface area (Å²) in [5, 5.41) is 8.07. The molecule has 21 heavy (non-hydrogen) atoms. The summed E-state index contributed by atoms with van der Waals surface area (Å²) in [6, 6.07) is 9.00. The number of nitrogens with zero attached hydrogens (tertiary/aromatic N) is 2. The van der Waals surface area contributed by atoms with Crippen molar-refractivity contribution in [3.05, 3.63) is 52.8 Å². The third kappa shape index (κ3) is 2.87. The zero-order valence-corrected chi connectivity index (χ0v) is 12.8. The molecule has 0 amide bonds. The minimum Gasteiger partial charge on any atom is -0.372 e. The monoisotopic (exact) mass is 285 g/mol. The third-order valence-electron chi connectivity index (χ3n) is 4.02. The summed E-state index contributed by atoms with van der Waals surface area (Å²) in [5.41, 5.74) is 5.16. The first-order valence-corrected chi connectivity index (χ1v) is 7.78. The summed E-state index contributed by atoms with van der Waals surface area (Å²) >= 11 is 0. The van der Waals surface area contributed by atoms with Gasteiger partial charge < -0.3 is 10.1 Å². The quantitative estimate of drug-likeness (QED) is 0.886. The van der Waals surface area contributed by atoms with Crippen molar-refractivity contribution in [2.75, 3.05) is 6.54 Å². The fourth-order valence-corrected chi connectivity index (χ4v) is 2.91. The van der Waals surface area contributed by atoms with E-state index in [1.54, 1.807) is 0 Å². The molecule has 112 valence electrons. The lowest BCUT2D eigenvalue weighted by Crippen LogP contribution is -2.26. The topological polar surface area (TPSA) is 39.1 Å². The smallest absolute Gasteiger partial charge is 0.0748 e. The van der Waals surface area contributed by atoms with Crippen molar-refractivity contribution in [2.45, 2.75) is 46.1 Å². The van der Waals surface area contributed by atoms with Crippen molar-refractivity contribution in [1.29, 1.82) is 0 Å². The van der Waals surface area contributed by atoms with Gasteiger partial charge in [-0.25, -0.2) is 0 Å². The van der Waals surface area contributed by atoms with Gasteiger partial charge in [-0.2, -0.15) is 5.10 Å². The number of rotatable bonds is 6. The van der Waals surface area contributed by atoms with Crippen molar-refractivity contribution in [2.24, 2.45) is 0 Å². The molecule has 1 aromatic carbocycles. The second-order valence-electron chi connectivity index (χ2n) is 5.48. The van der Waals surface area contributed by atoms with Gasteiger partial charge in [-0.1, -0.05) is 25.1 Å². The van der Waals surface area contributed by atoms with Crippen molar-refractivity contribution in [1.82, 2.24) is 15.1 Å². The number of ether oxygens (including phenoxy) is 1. The molecule has 4 nitrogen and oxygen atoms in total. The van der Waals surface area contributed by atoms with E-state index in [4.69, 9.17) is 4.74 Å². The van der Waals surface area contributed by atoms with Gasteiger partial charge in [0.15, 0.2) is 0 Å². The second kappa shape index (κ2) is 6.41. The highest BCUT2D eigenvalue weighted by atomic mass is 16.5. The van der Waals surface area contributed by atoms with E-state index in [0.717, 1.165) is 32.7 Å². The Morgan fingerprint density at radius 1 is 1.24 bits per heavy atom. The summed E-state index contributed by atoms with van der Waals surface area (Å²) in [7, 11) is 0. The van der Waals surface area contributed by atoms with Crippen molar-refractivity contribution < 1.29 is 4.74 Å². The number of benzene rings is 1. The van der Waals surface area contributed by atoms with E-state index in [2.05, 4.69) is 53.2 Å². The van der Waals surface area contributed by atoms with Crippen LogP contribution >= 0.6 is 0 Å². The molecule has 3 rings (SSSR count). The van der Waals surface area contributed by atoms with Gasteiger partial charge in [0.1, 0.15) is 0 Å². The standard InChI is InChI=1S/C17H23N3O/c1-3-8-18-17(16-7-9-19-20(16)4-2)13-5-6-14-11-21-12-15(14)10-13/h5-7,9-10,17-18H,3-4,8,11-12H2,1-2H3. The van der Waals surface area contributed by atoms with Crippen molar-refractivity contribution >= 4 is 0 Å². The molecule has 1 N–H and O–H groups in total. The molecule has 2 heterocycles. The predicted octanol–water partition coefficient (Wildman–Crippen LogP) is 3.02. The average Bonchev–Trinajstić information content (AvgIpc) is 3.15. The molecule has 0 radical (unpaired) electrons. The van der Waals surface area contributed by atoms with E-state index in [0.29, 0.717) is 0 Å². The lowest BCUT2D eigenvalue weighted by Gasteiger charge is -2.21. The van der Waals surface area contributed by atoms with Crippen LogP contribution in [-0.4, -0.2) is 16.3 Å². The van der Waals surface area contributed by atoms with E-state index >= 15 is 0 Å². The molecule has 1 aliphatic rings. The summed E-state index contributed by atoms with van der Waals surface area (Å²) in [4.78, 5) is 0. The maximum absolute atomic E-state index is 5.53. The molecule has 1 atom stereocenters. The second-order valence-corrected chi connectivity index (χ2v) is 5.48. The fourth-order valence-electron chi connectivity index (χ4n) is 2.91. The van der Waals surface area contributed by atoms with Crippen LogP contribution in [0, 0.1) is 0 Å².